The van der Waals surface area contributed by atoms with E-state index >= 15 is 0 Å². The molecule has 2 atom stereocenters. The number of ether oxygens (including phenoxy) is 1. The van der Waals surface area contributed by atoms with Gasteiger partial charge in [-0.15, -0.1) is 12.4 Å². The highest BCUT2D eigenvalue weighted by atomic mass is 79.9. The molecule has 2 unspecified atom stereocenters. The van der Waals surface area contributed by atoms with Crippen LogP contribution in [-0.2, 0) is 4.79 Å². The first-order valence-electron chi connectivity index (χ1n) is 8.63. The molecule has 0 aromatic heterocycles. The van der Waals surface area contributed by atoms with Crippen molar-refractivity contribution in [1.29, 1.82) is 0 Å². The van der Waals surface area contributed by atoms with Crippen LogP contribution < -0.4 is 15.4 Å². The van der Waals surface area contributed by atoms with Crippen LogP contribution in [0.3, 0.4) is 0 Å². The molecule has 0 aliphatic carbocycles. The number of piperidine rings is 1. The lowest BCUT2D eigenvalue weighted by molar-refractivity contribution is -0.122. The standard InChI is InChI=1S/C18H25BrN2O2.ClH/c19-13-4-8-17(9-5-13)23-10-2-1-3-18(22)21-16-11-14-6-7-15(12-16)20-14;/h4-5,8-9,14-16,20H,1-3,6-7,10-12H2,(H,21,22);1H. The third-order valence-corrected chi connectivity index (χ3v) is 5.25. The first kappa shape index (κ1) is 19.5. The molecule has 2 fully saturated rings. The molecule has 1 amide bonds. The minimum absolute atomic E-state index is 0. The van der Waals surface area contributed by atoms with Crippen LogP contribution in [0.5, 0.6) is 5.75 Å². The summed E-state index contributed by atoms with van der Waals surface area (Å²) in [6, 6.07) is 9.45. The number of unbranched alkanes of at least 4 members (excludes halogenated alkanes) is 1. The molecule has 24 heavy (non-hydrogen) atoms. The van der Waals surface area contributed by atoms with Crippen LogP contribution in [0.4, 0.5) is 0 Å². The maximum Gasteiger partial charge on any atom is 0.220 e. The zero-order valence-corrected chi connectivity index (χ0v) is 16.2. The number of amides is 1. The summed E-state index contributed by atoms with van der Waals surface area (Å²) in [5, 5.41) is 6.81. The average Bonchev–Trinajstić information content (AvgIpc) is 2.87. The summed E-state index contributed by atoms with van der Waals surface area (Å²) in [5.74, 6) is 1.07. The summed E-state index contributed by atoms with van der Waals surface area (Å²) in [4.78, 5) is 12.0. The molecule has 6 heteroatoms. The number of carbonyl (C=O) groups excluding carboxylic acids is 1. The SMILES string of the molecule is Cl.O=C(CCCCOc1ccc(Br)cc1)NC1CC2CCC(C1)N2. The number of carbonyl (C=O) groups is 1. The van der Waals surface area contributed by atoms with Crippen LogP contribution in [0.15, 0.2) is 28.7 Å². The summed E-state index contributed by atoms with van der Waals surface area (Å²) >= 11 is 3.40. The Morgan fingerprint density at radius 1 is 1.17 bits per heavy atom. The van der Waals surface area contributed by atoms with Crippen molar-refractivity contribution >= 4 is 34.2 Å². The van der Waals surface area contributed by atoms with Gasteiger partial charge in [-0.2, -0.15) is 0 Å². The Bertz CT molecular complexity index is 514. The van der Waals surface area contributed by atoms with Gasteiger partial charge in [-0.25, -0.2) is 0 Å². The van der Waals surface area contributed by atoms with E-state index in [-0.39, 0.29) is 18.3 Å². The summed E-state index contributed by atoms with van der Waals surface area (Å²) in [7, 11) is 0. The summed E-state index contributed by atoms with van der Waals surface area (Å²) in [5.41, 5.74) is 0. The van der Waals surface area contributed by atoms with Crippen LogP contribution in [0.1, 0.15) is 44.9 Å². The fourth-order valence-corrected chi connectivity index (χ4v) is 3.85. The Kier molecular flexibility index (Phi) is 7.85. The van der Waals surface area contributed by atoms with Crippen LogP contribution in [0.25, 0.3) is 0 Å². The highest BCUT2D eigenvalue weighted by molar-refractivity contribution is 9.10. The normalized spacial score (nSPS) is 25.0. The van der Waals surface area contributed by atoms with Crippen molar-refractivity contribution in [2.45, 2.75) is 63.1 Å². The van der Waals surface area contributed by atoms with Gasteiger partial charge in [-0.3, -0.25) is 4.79 Å². The second kappa shape index (κ2) is 9.64. The molecular formula is C18H26BrClN2O2. The van der Waals surface area contributed by atoms with Gasteiger partial charge in [0.25, 0.3) is 0 Å². The van der Waals surface area contributed by atoms with Gasteiger partial charge < -0.3 is 15.4 Å². The number of rotatable bonds is 7. The summed E-state index contributed by atoms with van der Waals surface area (Å²) < 4.78 is 6.72. The van der Waals surface area contributed by atoms with E-state index in [1.54, 1.807) is 0 Å². The van der Waals surface area contributed by atoms with Crippen LogP contribution in [0, 0.1) is 0 Å². The quantitative estimate of drug-likeness (QED) is 0.663. The van der Waals surface area contributed by atoms with Gasteiger partial charge >= 0.3 is 0 Å². The number of hydrogen-bond donors (Lipinski definition) is 2. The summed E-state index contributed by atoms with van der Waals surface area (Å²) in [6.45, 7) is 0.659. The third kappa shape index (κ3) is 5.94. The molecule has 0 saturated carbocycles. The fraction of sp³-hybridized carbons (Fsp3) is 0.611. The van der Waals surface area contributed by atoms with Crippen molar-refractivity contribution in [3.05, 3.63) is 28.7 Å². The molecular weight excluding hydrogens is 392 g/mol. The number of benzene rings is 1. The molecule has 2 N–H and O–H groups in total. The van der Waals surface area contributed by atoms with Gasteiger partial charge in [0.2, 0.25) is 5.91 Å². The van der Waals surface area contributed by atoms with Gasteiger partial charge in [0.15, 0.2) is 0 Å². The van der Waals surface area contributed by atoms with E-state index in [9.17, 15) is 4.79 Å². The molecule has 2 saturated heterocycles. The molecule has 1 aromatic carbocycles. The number of fused-ring (bicyclic) bond motifs is 2. The van der Waals surface area contributed by atoms with Crippen molar-refractivity contribution < 1.29 is 9.53 Å². The Balaban J connectivity index is 0.00000208. The maximum atomic E-state index is 12.0. The third-order valence-electron chi connectivity index (χ3n) is 4.72. The van der Waals surface area contributed by atoms with Gasteiger partial charge in [0.05, 0.1) is 6.61 Å². The first-order valence-corrected chi connectivity index (χ1v) is 9.42. The van der Waals surface area contributed by atoms with E-state index in [4.69, 9.17) is 4.74 Å². The van der Waals surface area contributed by atoms with E-state index in [0.29, 0.717) is 31.2 Å². The van der Waals surface area contributed by atoms with Crippen molar-refractivity contribution in [2.24, 2.45) is 0 Å². The monoisotopic (exact) mass is 416 g/mol. The zero-order valence-electron chi connectivity index (χ0n) is 13.8. The van der Waals surface area contributed by atoms with Crippen LogP contribution in [0.2, 0.25) is 0 Å². The highest BCUT2D eigenvalue weighted by Gasteiger charge is 2.33. The number of nitrogens with one attached hydrogen (secondary N) is 2. The van der Waals surface area contributed by atoms with Crippen LogP contribution >= 0.6 is 28.3 Å². The molecule has 2 bridgehead atoms. The van der Waals surface area contributed by atoms with Gasteiger partial charge in [0, 0.05) is 29.0 Å². The van der Waals surface area contributed by atoms with Gasteiger partial charge in [0.1, 0.15) is 5.75 Å². The van der Waals surface area contributed by atoms with Crippen molar-refractivity contribution in [3.8, 4) is 5.75 Å². The van der Waals surface area contributed by atoms with Crippen molar-refractivity contribution in [2.75, 3.05) is 6.61 Å². The lowest BCUT2D eigenvalue weighted by Gasteiger charge is -2.29. The predicted octanol–water partition coefficient (Wildman–Crippen LogP) is 3.82. The molecule has 2 aliphatic rings. The smallest absolute Gasteiger partial charge is 0.220 e. The second-order valence-corrected chi connectivity index (χ2v) is 7.55. The number of halogens is 2. The van der Waals surface area contributed by atoms with Crippen molar-refractivity contribution in [1.82, 2.24) is 10.6 Å². The number of hydrogen-bond acceptors (Lipinski definition) is 3. The van der Waals surface area contributed by atoms with Gasteiger partial charge in [-0.1, -0.05) is 15.9 Å². The van der Waals surface area contributed by atoms with E-state index < -0.39 is 0 Å². The second-order valence-electron chi connectivity index (χ2n) is 6.63. The lowest BCUT2D eigenvalue weighted by Crippen LogP contribution is -2.47. The molecule has 4 nitrogen and oxygen atoms in total. The molecule has 3 rings (SSSR count). The molecule has 0 spiro atoms. The van der Waals surface area contributed by atoms with Gasteiger partial charge in [-0.05, 0) is 62.8 Å². The Hall–Kier alpha value is -0.780. The molecule has 1 aromatic rings. The highest BCUT2D eigenvalue weighted by Crippen LogP contribution is 2.26. The van der Waals surface area contributed by atoms with E-state index in [0.717, 1.165) is 35.9 Å². The summed E-state index contributed by atoms with van der Waals surface area (Å²) in [6.07, 6.45) is 7.10. The van der Waals surface area contributed by atoms with Crippen molar-refractivity contribution in [3.63, 3.8) is 0 Å². The average molecular weight is 418 g/mol. The fourth-order valence-electron chi connectivity index (χ4n) is 3.58. The molecule has 2 heterocycles. The largest absolute Gasteiger partial charge is 0.494 e. The Morgan fingerprint density at radius 3 is 2.50 bits per heavy atom. The lowest BCUT2D eigenvalue weighted by atomic mass is 9.99. The van der Waals surface area contributed by atoms with E-state index in [2.05, 4.69) is 26.6 Å². The topological polar surface area (TPSA) is 50.4 Å². The molecule has 134 valence electrons. The Labute approximate surface area is 158 Å². The van der Waals surface area contributed by atoms with Crippen LogP contribution in [-0.4, -0.2) is 30.6 Å². The molecule has 0 radical (unpaired) electrons. The molecule has 2 aliphatic heterocycles. The minimum atomic E-state index is 0. The zero-order chi connectivity index (χ0) is 16.1. The minimum Gasteiger partial charge on any atom is -0.494 e. The van der Waals surface area contributed by atoms with E-state index in [1.165, 1.54) is 12.8 Å². The maximum absolute atomic E-state index is 12.0. The predicted molar refractivity (Wildman–Crippen MR) is 102 cm³/mol. The first-order chi connectivity index (χ1) is 11.2. The Morgan fingerprint density at radius 2 is 1.83 bits per heavy atom. The van der Waals surface area contributed by atoms with E-state index in [1.807, 2.05) is 24.3 Å².